The summed E-state index contributed by atoms with van der Waals surface area (Å²) in [6, 6.07) is 0. The summed E-state index contributed by atoms with van der Waals surface area (Å²) in [4.78, 5) is 11.6. The molecule has 2 nitrogen and oxygen atoms in total. The lowest BCUT2D eigenvalue weighted by atomic mass is 9.77. The zero-order valence-electron chi connectivity index (χ0n) is 10.3. The van der Waals surface area contributed by atoms with E-state index in [1.807, 2.05) is 13.8 Å². The first-order chi connectivity index (χ1) is 7.06. The molecule has 2 atom stereocenters. The van der Waals surface area contributed by atoms with Crippen LogP contribution in [0.2, 0.25) is 0 Å². The molecular weight excluding hydrogens is 188 g/mol. The molecule has 0 bridgehead atoms. The molecule has 1 rings (SSSR count). The quantitative estimate of drug-likeness (QED) is 0.516. The molecule has 1 aliphatic carbocycles. The summed E-state index contributed by atoms with van der Waals surface area (Å²) >= 11 is 0. The molecule has 2 heteroatoms. The van der Waals surface area contributed by atoms with E-state index >= 15 is 0 Å². The van der Waals surface area contributed by atoms with Crippen LogP contribution in [0.15, 0.2) is 11.1 Å². The van der Waals surface area contributed by atoms with Crippen molar-refractivity contribution in [2.24, 2.45) is 11.8 Å². The summed E-state index contributed by atoms with van der Waals surface area (Å²) in [7, 11) is 0. The fourth-order valence-electron chi connectivity index (χ4n) is 2.10. The molecule has 0 heterocycles. The predicted octanol–water partition coefficient (Wildman–Crippen LogP) is 3.32. The first-order valence-electron chi connectivity index (χ1n) is 5.92. The molecule has 0 aromatic carbocycles. The normalized spacial score (nSPS) is 29.9. The number of esters is 1. The van der Waals surface area contributed by atoms with Gasteiger partial charge >= 0.3 is 5.97 Å². The molecule has 15 heavy (non-hydrogen) atoms. The third kappa shape index (κ3) is 3.08. The minimum absolute atomic E-state index is 0.130. The Hall–Kier alpha value is -0.790. The van der Waals surface area contributed by atoms with Gasteiger partial charge in [-0.15, -0.1) is 0 Å². The molecule has 0 amide bonds. The lowest BCUT2D eigenvalue weighted by molar-refractivity contribution is -0.138. The average molecular weight is 210 g/mol. The van der Waals surface area contributed by atoms with Crippen molar-refractivity contribution >= 4 is 5.97 Å². The molecule has 0 radical (unpaired) electrons. The van der Waals surface area contributed by atoms with E-state index in [9.17, 15) is 4.79 Å². The highest BCUT2D eigenvalue weighted by atomic mass is 16.5. The number of hydrogen-bond acceptors (Lipinski definition) is 2. The van der Waals surface area contributed by atoms with Crippen LogP contribution in [0.3, 0.4) is 0 Å². The van der Waals surface area contributed by atoms with Gasteiger partial charge in [0.2, 0.25) is 0 Å². The van der Waals surface area contributed by atoms with Crippen LogP contribution >= 0.6 is 0 Å². The van der Waals surface area contributed by atoms with Gasteiger partial charge in [0.05, 0.1) is 6.61 Å². The number of carbonyl (C=O) groups is 1. The van der Waals surface area contributed by atoms with Crippen LogP contribution in [-0.4, -0.2) is 12.6 Å². The maximum atomic E-state index is 11.6. The van der Waals surface area contributed by atoms with E-state index < -0.39 is 0 Å². The Morgan fingerprint density at radius 1 is 1.40 bits per heavy atom. The largest absolute Gasteiger partial charge is 0.463 e. The Bertz CT molecular complexity index is 266. The highest BCUT2D eigenvalue weighted by Crippen LogP contribution is 2.34. The summed E-state index contributed by atoms with van der Waals surface area (Å²) in [5.74, 6) is 1.34. The Morgan fingerprint density at radius 3 is 2.60 bits per heavy atom. The van der Waals surface area contributed by atoms with Crippen molar-refractivity contribution in [2.75, 3.05) is 6.61 Å². The topological polar surface area (TPSA) is 26.3 Å². The van der Waals surface area contributed by atoms with Crippen LogP contribution in [0, 0.1) is 11.8 Å². The van der Waals surface area contributed by atoms with Crippen molar-refractivity contribution in [1.29, 1.82) is 0 Å². The van der Waals surface area contributed by atoms with Gasteiger partial charge in [-0.1, -0.05) is 19.4 Å². The maximum absolute atomic E-state index is 11.6. The van der Waals surface area contributed by atoms with Crippen molar-refractivity contribution < 1.29 is 9.53 Å². The fourth-order valence-corrected chi connectivity index (χ4v) is 2.10. The summed E-state index contributed by atoms with van der Waals surface area (Å²) < 4.78 is 5.02. The number of rotatable bonds is 2. The van der Waals surface area contributed by atoms with Gasteiger partial charge in [-0.25, -0.2) is 4.79 Å². The van der Waals surface area contributed by atoms with Crippen molar-refractivity contribution in [1.82, 2.24) is 0 Å². The van der Waals surface area contributed by atoms with Crippen molar-refractivity contribution in [3.63, 3.8) is 0 Å². The average Bonchev–Trinajstić information content (AvgIpc) is 2.21. The van der Waals surface area contributed by atoms with Gasteiger partial charge in [-0.2, -0.15) is 0 Å². The van der Waals surface area contributed by atoms with Gasteiger partial charge in [-0.05, 0) is 44.9 Å². The van der Waals surface area contributed by atoms with Crippen molar-refractivity contribution in [2.45, 2.75) is 47.0 Å². The molecule has 0 N–H and O–H groups in total. The molecule has 0 spiro atoms. The number of hydrogen-bond donors (Lipinski definition) is 0. The van der Waals surface area contributed by atoms with E-state index in [-0.39, 0.29) is 5.97 Å². The van der Waals surface area contributed by atoms with E-state index in [1.54, 1.807) is 0 Å². The Labute approximate surface area is 92.7 Å². The smallest absolute Gasteiger partial charge is 0.333 e. The van der Waals surface area contributed by atoms with Crippen LogP contribution < -0.4 is 0 Å². The molecule has 0 aliphatic heterocycles. The van der Waals surface area contributed by atoms with E-state index in [0.717, 1.165) is 24.3 Å². The second-order valence-electron chi connectivity index (χ2n) is 4.65. The van der Waals surface area contributed by atoms with Gasteiger partial charge < -0.3 is 4.74 Å². The molecule has 2 unspecified atom stereocenters. The van der Waals surface area contributed by atoms with E-state index in [0.29, 0.717) is 12.5 Å². The number of carbonyl (C=O) groups excluding carboxylic acids is 1. The van der Waals surface area contributed by atoms with E-state index in [4.69, 9.17) is 4.74 Å². The Balaban J connectivity index is 2.69. The maximum Gasteiger partial charge on any atom is 0.333 e. The Kier molecular flexibility index (Phi) is 4.37. The number of ether oxygens (including phenoxy) is 1. The third-order valence-electron chi connectivity index (χ3n) is 3.55. The molecule has 1 aliphatic rings. The summed E-state index contributed by atoms with van der Waals surface area (Å²) in [5, 5.41) is 0. The highest BCUT2D eigenvalue weighted by molar-refractivity contribution is 5.88. The predicted molar refractivity (Wildman–Crippen MR) is 61.5 cm³/mol. The zero-order chi connectivity index (χ0) is 11.4. The standard InChI is InChI=1S/C13H22O2/c1-5-15-13(14)11(4)12-7-6-9(2)10(3)8-12/h9-10H,5-8H2,1-4H3. The lowest BCUT2D eigenvalue weighted by Gasteiger charge is -2.28. The van der Waals surface area contributed by atoms with Gasteiger partial charge in [0, 0.05) is 5.57 Å². The molecule has 0 aromatic rings. The highest BCUT2D eigenvalue weighted by Gasteiger charge is 2.23. The van der Waals surface area contributed by atoms with E-state index in [1.165, 1.54) is 12.0 Å². The monoisotopic (exact) mass is 210 g/mol. The summed E-state index contributed by atoms with van der Waals surface area (Å²) in [6.45, 7) is 8.77. The minimum atomic E-state index is -0.130. The van der Waals surface area contributed by atoms with Crippen LogP contribution in [0.5, 0.6) is 0 Å². The summed E-state index contributed by atoms with van der Waals surface area (Å²) in [5.41, 5.74) is 2.15. The van der Waals surface area contributed by atoms with Gasteiger partial charge in [0.25, 0.3) is 0 Å². The first kappa shape index (κ1) is 12.3. The van der Waals surface area contributed by atoms with Gasteiger partial charge in [0.15, 0.2) is 0 Å². The molecule has 0 aromatic heterocycles. The second kappa shape index (κ2) is 5.34. The van der Waals surface area contributed by atoms with Crippen LogP contribution in [0.25, 0.3) is 0 Å². The van der Waals surface area contributed by atoms with Gasteiger partial charge in [-0.3, -0.25) is 0 Å². The molecular formula is C13H22O2. The number of allylic oxidation sites excluding steroid dienone is 1. The second-order valence-corrected chi connectivity index (χ2v) is 4.65. The van der Waals surface area contributed by atoms with E-state index in [2.05, 4.69) is 13.8 Å². The SMILES string of the molecule is CCOC(=O)C(C)=C1CCC(C)C(C)C1. The van der Waals surface area contributed by atoms with Crippen LogP contribution in [0.4, 0.5) is 0 Å². The minimum Gasteiger partial charge on any atom is -0.463 e. The zero-order valence-corrected chi connectivity index (χ0v) is 10.3. The van der Waals surface area contributed by atoms with Crippen molar-refractivity contribution in [3.8, 4) is 0 Å². The lowest BCUT2D eigenvalue weighted by Crippen LogP contribution is -2.18. The molecule has 86 valence electrons. The summed E-state index contributed by atoms with van der Waals surface area (Å²) in [6.07, 6.45) is 3.33. The third-order valence-corrected chi connectivity index (χ3v) is 3.55. The van der Waals surface area contributed by atoms with Crippen LogP contribution in [-0.2, 0) is 9.53 Å². The fraction of sp³-hybridized carbons (Fsp3) is 0.769. The molecule has 1 fully saturated rings. The van der Waals surface area contributed by atoms with Crippen LogP contribution in [0.1, 0.15) is 47.0 Å². The molecule has 0 saturated heterocycles. The van der Waals surface area contributed by atoms with Crippen molar-refractivity contribution in [3.05, 3.63) is 11.1 Å². The van der Waals surface area contributed by atoms with Gasteiger partial charge in [0.1, 0.15) is 0 Å². The Morgan fingerprint density at radius 2 is 2.07 bits per heavy atom. The first-order valence-corrected chi connectivity index (χ1v) is 5.92. The molecule has 1 saturated carbocycles.